The van der Waals surface area contributed by atoms with Gasteiger partial charge in [-0.3, -0.25) is 9.78 Å². The highest BCUT2D eigenvalue weighted by atomic mass is 16.1. The van der Waals surface area contributed by atoms with Gasteiger partial charge in [-0.15, -0.1) is 10.2 Å². The van der Waals surface area contributed by atoms with E-state index in [4.69, 9.17) is 0 Å². The molecule has 6 nitrogen and oxygen atoms in total. The first-order valence-corrected chi connectivity index (χ1v) is 7.86. The Morgan fingerprint density at radius 3 is 2.77 bits per heavy atom. The van der Waals surface area contributed by atoms with Crippen LogP contribution in [0.25, 0.3) is 0 Å². The van der Waals surface area contributed by atoms with E-state index >= 15 is 0 Å². The van der Waals surface area contributed by atoms with E-state index in [1.54, 1.807) is 12.4 Å². The van der Waals surface area contributed by atoms with Gasteiger partial charge in [-0.05, 0) is 44.2 Å². The predicted molar refractivity (Wildman–Crippen MR) is 80.4 cm³/mol. The van der Waals surface area contributed by atoms with Crippen molar-refractivity contribution in [2.45, 2.75) is 51.1 Å². The third-order valence-corrected chi connectivity index (χ3v) is 4.19. The normalized spacial score (nSPS) is 17.5. The highest BCUT2D eigenvalue weighted by molar-refractivity contribution is 5.93. The van der Waals surface area contributed by atoms with Crippen molar-refractivity contribution in [2.24, 2.45) is 0 Å². The summed E-state index contributed by atoms with van der Waals surface area (Å²) in [6.45, 7) is 2.35. The van der Waals surface area contributed by atoms with E-state index in [0.717, 1.165) is 17.2 Å². The van der Waals surface area contributed by atoms with Crippen molar-refractivity contribution in [3.8, 4) is 0 Å². The molecule has 2 aliphatic rings. The number of carbonyl (C=O) groups is 1. The zero-order valence-corrected chi connectivity index (χ0v) is 12.6. The number of amides is 1. The highest BCUT2D eigenvalue weighted by Crippen LogP contribution is 2.44. The Morgan fingerprint density at radius 1 is 1.27 bits per heavy atom. The fourth-order valence-electron chi connectivity index (χ4n) is 2.75. The van der Waals surface area contributed by atoms with Crippen molar-refractivity contribution >= 4 is 5.91 Å². The molecule has 2 saturated carbocycles. The molecule has 0 bridgehead atoms. The molecule has 2 fully saturated rings. The molecule has 6 heteroatoms. The van der Waals surface area contributed by atoms with Crippen LogP contribution in [0.1, 0.15) is 65.2 Å². The van der Waals surface area contributed by atoms with Crippen molar-refractivity contribution in [3.05, 3.63) is 41.2 Å². The van der Waals surface area contributed by atoms with Gasteiger partial charge in [-0.25, -0.2) is 0 Å². The number of aryl methyl sites for hydroxylation is 1. The molecule has 2 aliphatic carbocycles. The molecule has 0 atom stereocenters. The molecule has 2 aromatic rings. The molecule has 0 aliphatic heterocycles. The summed E-state index contributed by atoms with van der Waals surface area (Å²) in [5.41, 5.74) is 1.56. The van der Waals surface area contributed by atoms with Gasteiger partial charge in [0.1, 0.15) is 5.82 Å². The standard InChI is InChI=1S/C16H19N5O/c1-10-6-12(8-17-7-10)16(22)18-9-14-19-20-15(11-2-3-11)21(14)13-4-5-13/h6-8,11,13H,2-5,9H2,1H3,(H,18,22). The van der Waals surface area contributed by atoms with Gasteiger partial charge >= 0.3 is 0 Å². The number of carbonyl (C=O) groups excluding carboxylic acids is 1. The molecule has 0 spiro atoms. The Kier molecular flexibility index (Phi) is 3.17. The summed E-state index contributed by atoms with van der Waals surface area (Å²) >= 11 is 0. The van der Waals surface area contributed by atoms with E-state index in [1.165, 1.54) is 25.7 Å². The van der Waals surface area contributed by atoms with Crippen LogP contribution in [-0.2, 0) is 6.54 Å². The van der Waals surface area contributed by atoms with Gasteiger partial charge in [-0.2, -0.15) is 0 Å². The summed E-state index contributed by atoms with van der Waals surface area (Å²) in [5, 5.41) is 11.6. The van der Waals surface area contributed by atoms with Crippen LogP contribution in [0.2, 0.25) is 0 Å². The SMILES string of the molecule is Cc1cncc(C(=O)NCc2nnc(C3CC3)n2C2CC2)c1. The third-order valence-electron chi connectivity index (χ3n) is 4.19. The third kappa shape index (κ3) is 2.61. The van der Waals surface area contributed by atoms with Crippen LogP contribution in [0.3, 0.4) is 0 Å². The molecule has 1 N–H and O–H groups in total. The maximum atomic E-state index is 12.2. The first kappa shape index (κ1) is 13.4. The minimum absolute atomic E-state index is 0.116. The van der Waals surface area contributed by atoms with Crippen LogP contribution in [0, 0.1) is 6.92 Å². The lowest BCUT2D eigenvalue weighted by atomic mass is 10.2. The minimum Gasteiger partial charge on any atom is -0.345 e. The average Bonchev–Trinajstić information content (AvgIpc) is 3.43. The second kappa shape index (κ2) is 5.19. The van der Waals surface area contributed by atoms with Gasteiger partial charge in [0.15, 0.2) is 5.82 Å². The fourth-order valence-corrected chi connectivity index (χ4v) is 2.75. The Hall–Kier alpha value is -2.24. The van der Waals surface area contributed by atoms with Crippen molar-refractivity contribution in [2.75, 3.05) is 0 Å². The number of aromatic nitrogens is 4. The molecule has 22 heavy (non-hydrogen) atoms. The fraction of sp³-hybridized carbons (Fsp3) is 0.500. The Balaban J connectivity index is 1.48. The van der Waals surface area contributed by atoms with E-state index in [2.05, 4.69) is 25.1 Å². The maximum absolute atomic E-state index is 12.2. The molecule has 1 amide bonds. The van der Waals surface area contributed by atoms with Crippen LogP contribution < -0.4 is 5.32 Å². The summed E-state index contributed by atoms with van der Waals surface area (Å²) in [4.78, 5) is 16.3. The van der Waals surface area contributed by atoms with Crippen LogP contribution in [-0.4, -0.2) is 25.7 Å². The molecule has 0 unspecified atom stereocenters. The molecule has 0 aromatic carbocycles. The molecule has 2 heterocycles. The van der Waals surface area contributed by atoms with Gasteiger partial charge < -0.3 is 9.88 Å². The quantitative estimate of drug-likeness (QED) is 0.917. The van der Waals surface area contributed by atoms with E-state index in [-0.39, 0.29) is 5.91 Å². The summed E-state index contributed by atoms with van der Waals surface area (Å²) in [6.07, 6.45) is 8.14. The second-order valence-electron chi connectivity index (χ2n) is 6.28. The molecule has 2 aromatic heterocycles. The Morgan fingerprint density at radius 2 is 2.09 bits per heavy atom. The minimum atomic E-state index is -0.116. The molecular formula is C16H19N5O. The predicted octanol–water partition coefficient (Wildman–Crippen LogP) is 2.12. The number of nitrogens with zero attached hydrogens (tertiary/aromatic N) is 4. The average molecular weight is 297 g/mol. The van der Waals surface area contributed by atoms with Crippen LogP contribution in [0.5, 0.6) is 0 Å². The van der Waals surface area contributed by atoms with E-state index in [0.29, 0.717) is 24.1 Å². The number of nitrogens with one attached hydrogen (secondary N) is 1. The van der Waals surface area contributed by atoms with Crippen LogP contribution >= 0.6 is 0 Å². The molecule has 0 saturated heterocycles. The number of hydrogen-bond donors (Lipinski definition) is 1. The smallest absolute Gasteiger partial charge is 0.253 e. The van der Waals surface area contributed by atoms with E-state index in [1.807, 2.05) is 13.0 Å². The first-order chi connectivity index (χ1) is 10.7. The molecule has 4 rings (SSSR count). The molecular weight excluding hydrogens is 278 g/mol. The Labute approximate surface area is 129 Å². The topological polar surface area (TPSA) is 72.7 Å². The summed E-state index contributed by atoms with van der Waals surface area (Å²) in [7, 11) is 0. The summed E-state index contributed by atoms with van der Waals surface area (Å²) in [5.74, 6) is 2.45. The van der Waals surface area contributed by atoms with Crippen molar-refractivity contribution in [1.29, 1.82) is 0 Å². The zero-order valence-electron chi connectivity index (χ0n) is 12.6. The lowest BCUT2D eigenvalue weighted by Crippen LogP contribution is -2.25. The van der Waals surface area contributed by atoms with Gasteiger partial charge in [0, 0.05) is 24.4 Å². The van der Waals surface area contributed by atoms with Gasteiger partial charge in [0.05, 0.1) is 12.1 Å². The second-order valence-corrected chi connectivity index (χ2v) is 6.28. The number of pyridine rings is 1. The van der Waals surface area contributed by atoms with Crippen LogP contribution in [0.15, 0.2) is 18.5 Å². The molecule has 0 radical (unpaired) electrons. The first-order valence-electron chi connectivity index (χ1n) is 7.86. The largest absolute Gasteiger partial charge is 0.345 e. The highest BCUT2D eigenvalue weighted by Gasteiger charge is 2.36. The van der Waals surface area contributed by atoms with Gasteiger partial charge in [0.2, 0.25) is 0 Å². The van der Waals surface area contributed by atoms with Crippen molar-refractivity contribution in [3.63, 3.8) is 0 Å². The maximum Gasteiger partial charge on any atom is 0.253 e. The zero-order chi connectivity index (χ0) is 15.1. The van der Waals surface area contributed by atoms with Gasteiger partial charge in [0.25, 0.3) is 5.91 Å². The monoisotopic (exact) mass is 297 g/mol. The summed E-state index contributed by atoms with van der Waals surface area (Å²) in [6, 6.07) is 2.38. The number of hydrogen-bond acceptors (Lipinski definition) is 4. The van der Waals surface area contributed by atoms with Crippen molar-refractivity contribution < 1.29 is 4.79 Å². The van der Waals surface area contributed by atoms with E-state index < -0.39 is 0 Å². The number of rotatable bonds is 5. The molecule has 114 valence electrons. The van der Waals surface area contributed by atoms with Gasteiger partial charge in [-0.1, -0.05) is 0 Å². The Bertz CT molecular complexity index is 715. The lowest BCUT2D eigenvalue weighted by Gasteiger charge is -2.09. The summed E-state index contributed by atoms with van der Waals surface area (Å²) < 4.78 is 2.26. The van der Waals surface area contributed by atoms with Crippen LogP contribution in [0.4, 0.5) is 0 Å². The van der Waals surface area contributed by atoms with E-state index in [9.17, 15) is 4.79 Å². The van der Waals surface area contributed by atoms with Crippen molar-refractivity contribution in [1.82, 2.24) is 25.1 Å². The lowest BCUT2D eigenvalue weighted by molar-refractivity contribution is 0.0949.